The zero-order valence-electron chi connectivity index (χ0n) is 12.6. The van der Waals surface area contributed by atoms with Gasteiger partial charge in [-0.05, 0) is 49.4 Å². The second-order valence-electron chi connectivity index (χ2n) is 6.25. The summed E-state index contributed by atoms with van der Waals surface area (Å²) in [4.78, 5) is 12.1. The summed E-state index contributed by atoms with van der Waals surface area (Å²) >= 11 is 0. The summed E-state index contributed by atoms with van der Waals surface area (Å²) < 4.78 is 30.0. The number of rotatable bonds is 5. The molecule has 5 nitrogen and oxygen atoms in total. The Balaban J connectivity index is 1.64. The first-order valence-corrected chi connectivity index (χ1v) is 9.36. The normalized spacial score (nSPS) is 27.6. The van der Waals surface area contributed by atoms with Crippen molar-refractivity contribution in [3.8, 4) is 0 Å². The number of carbonyl (C=O) groups is 1. The van der Waals surface area contributed by atoms with E-state index in [1.54, 1.807) is 24.3 Å². The van der Waals surface area contributed by atoms with Gasteiger partial charge in [-0.2, -0.15) is 0 Å². The van der Waals surface area contributed by atoms with Crippen molar-refractivity contribution in [3.63, 3.8) is 0 Å². The molecule has 3 unspecified atom stereocenters. The molecule has 0 aromatic heterocycles. The van der Waals surface area contributed by atoms with Gasteiger partial charge in [0, 0.05) is 18.2 Å². The van der Waals surface area contributed by atoms with E-state index in [9.17, 15) is 13.2 Å². The topological polar surface area (TPSA) is 72.5 Å². The zero-order chi connectivity index (χ0) is 15.7. The maximum atomic E-state index is 12.3. The quantitative estimate of drug-likeness (QED) is 0.902. The van der Waals surface area contributed by atoms with Crippen molar-refractivity contribution in [2.75, 3.05) is 17.7 Å². The lowest BCUT2D eigenvalue weighted by atomic mass is 10.3. The molecule has 1 N–H and O–H groups in total. The van der Waals surface area contributed by atoms with Gasteiger partial charge < -0.3 is 10.1 Å². The molecule has 3 rings (SSSR count). The molecule has 0 bridgehead atoms. The third-order valence-electron chi connectivity index (χ3n) is 4.36. The summed E-state index contributed by atoms with van der Waals surface area (Å²) in [5.74, 6) is 0.592. The van der Waals surface area contributed by atoms with Crippen molar-refractivity contribution < 1.29 is 17.9 Å². The highest BCUT2D eigenvalue weighted by atomic mass is 32.2. The summed E-state index contributed by atoms with van der Waals surface area (Å²) in [5, 5.41) is 2.83. The summed E-state index contributed by atoms with van der Waals surface area (Å²) in [6.45, 7) is 2.69. The van der Waals surface area contributed by atoms with E-state index in [4.69, 9.17) is 4.74 Å². The van der Waals surface area contributed by atoms with Gasteiger partial charge in [0.15, 0.2) is 9.84 Å². The summed E-state index contributed by atoms with van der Waals surface area (Å²) in [5.41, 5.74) is 0.639. The fraction of sp³-hybridized carbons (Fsp3) is 0.562. The van der Waals surface area contributed by atoms with Crippen molar-refractivity contribution in [3.05, 3.63) is 24.3 Å². The number of benzene rings is 1. The fourth-order valence-electron chi connectivity index (χ4n) is 2.78. The molecule has 1 aliphatic carbocycles. The van der Waals surface area contributed by atoms with E-state index in [0.717, 1.165) is 19.3 Å². The first-order valence-electron chi connectivity index (χ1n) is 7.71. The van der Waals surface area contributed by atoms with Crippen molar-refractivity contribution in [2.24, 2.45) is 11.8 Å². The van der Waals surface area contributed by atoms with Gasteiger partial charge in [0.2, 0.25) is 5.91 Å². The Bertz CT molecular complexity index is 647. The van der Waals surface area contributed by atoms with Crippen LogP contribution >= 0.6 is 0 Å². The highest BCUT2D eigenvalue weighted by molar-refractivity contribution is 7.91. The van der Waals surface area contributed by atoms with E-state index in [2.05, 4.69) is 5.32 Å². The van der Waals surface area contributed by atoms with Crippen LogP contribution in [0.25, 0.3) is 0 Å². The van der Waals surface area contributed by atoms with Gasteiger partial charge in [0.1, 0.15) is 0 Å². The lowest BCUT2D eigenvalue weighted by molar-refractivity contribution is -0.117. The Morgan fingerprint density at radius 2 is 2.00 bits per heavy atom. The Kier molecular flexibility index (Phi) is 4.23. The number of carbonyl (C=O) groups excluding carboxylic acids is 1. The maximum absolute atomic E-state index is 12.3. The van der Waals surface area contributed by atoms with Crippen LogP contribution < -0.4 is 5.32 Å². The Hall–Kier alpha value is -1.40. The number of hydrogen-bond acceptors (Lipinski definition) is 4. The number of anilines is 1. The molecule has 1 aliphatic heterocycles. The van der Waals surface area contributed by atoms with Crippen molar-refractivity contribution >= 4 is 21.4 Å². The molecule has 1 saturated carbocycles. The molecule has 1 aromatic rings. The first kappa shape index (κ1) is 15.5. The second kappa shape index (κ2) is 6.01. The molecule has 0 spiro atoms. The standard InChI is InChI=1S/C16H21NO4S/c1-11-9-15(11)16(18)17-12-4-6-14(7-5-12)22(19,20)10-13-3-2-8-21-13/h4-7,11,13,15H,2-3,8-10H2,1H3,(H,17,18). The Labute approximate surface area is 131 Å². The van der Waals surface area contributed by atoms with Crippen LogP contribution in [0.2, 0.25) is 0 Å². The smallest absolute Gasteiger partial charge is 0.227 e. The highest BCUT2D eigenvalue weighted by Gasteiger charge is 2.39. The molecule has 1 aromatic carbocycles. The van der Waals surface area contributed by atoms with Gasteiger partial charge in [-0.25, -0.2) is 8.42 Å². The minimum atomic E-state index is -3.34. The van der Waals surface area contributed by atoms with Crippen LogP contribution in [-0.4, -0.2) is 32.8 Å². The summed E-state index contributed by atoms with van der Waals surface area (Å²) in [6, 6.07) is 6.40. The van der Waals surface area contributed by atoms with E-state index >= 15 is 0 Å². The molecular weight excluding hydrogens is 302 g/mol. The molecule has 3 atom stereocenters. The Morgan fingerprint density at radius 3 is 2.55 bits per heavy atom. The third-order valence-corrected chi connectivity index (χ3v) is 6.16. The first-order chi connectivity index (χ1) is 10.5. The zero-order valence-corrected chi connectivity index (χ0v) is 13.4. The molecule has 1 heterocycles. The minimum absolute atomic E-state index is 0.0162. The maximum Gasteiger partial charge on any atom is 0.227 e. The monoisotopic (exact) mass is 323 g/mol. The predicted molar refractivity (Wildman–Crippen MR) is 83.4 cm³/mol. The number of sulfone groups is 1. The third kappa shape index (κ3) is 3.50. The van der Waals surface area contributed by atoms with Crippen molar-refractivity contribution in [1.29, 1.82) is 0 Å². The van der Waals surface area contributed by atoms with Crippen LogP contribution in [0.15, 0.2) is 29.2 Å². The van der Waals surface area contributed by atoms with Crippen LogP contribution in [0.3, 0.4) is 0 Å². The molecule has 1 amide bonds. The van der Waals surface area contributed by atoms with Gasteiger partial charge in [-0.1, -0.05) is 6.92 Å². The van der Waals surface area contributed by atoms with Crippen LogP contribution in [0.1, 0.15) is 26.2 Å². The summed E-state index contributed by atoms with van der Waals surface area (Å²) in [6.07, 6.45) is 2.46. The molecular formula is C16H21NO4S. The van der Waals surface area contributed by atoms with Crippen LogP contribution in [-0.2, 0) is 19.4 Å². The average molecular weight is 323 g/mol. The minimum Gasteiger partial charge on any atom is -0.377 e. The van der Waals surface area contributed by atoms with Gasteiger partial charge in [-0.3, -0.25) is 4.79 Å². The lowest BCUT2D eigenvalue weighted by Crippen LogP contribution is -2.20. The largest absolute Gasteiger partial charge is 0.377 e. The number of hydrogen-bond donors (Lipinski definition) is 1. The summed E-state index contributed by atoms with van der Waals surface area (Å²) in [7, 11) is -3.34. The number of amides is 1. The van der Waals surface area contributed by atoms with Gasteiger partial charge >= 0.3 is 0 Å². The van der Waals surface area contributed by atoms with Crippen molar-refractivity contribution in [1.82, 2.24) is 0 Å². The van der Waals surface area contributed by atoms with E-state index in [1.165, 1.54) is 0 Å². The van der Waals surface area contributed by atoms with E-state index < -0.39 is 9.84 Å². The van der Waals surface area contributed by atoms with Crippen LogP contribution in [0.5, 0.6) is 0 Å². The molecule has 1 saturated heterocycles. The Morgan fingerprint density at radius 1 is 1.32 bits per heavy atom. The molecule has 0 radical (unpaired) electrons. The van der Waals surface area contributed by atoms with Crippen molar-refractivity contribution in [2.45, 2.75) is 37.2 Å². The number of nitrogens with one attached hydrogen (secondary N) is 1. The average Bonchev–Trinajstić information content (AvgIpc) is 2.99. The molecule has 6 heteroatoms. The number of ether oxygens (including phenoxy) is 1. The second-order valence-corrected chi connectivity index (χ2v) is 8.28. The fourth-order valence-corrected chi connectivity index (χ4v) is 4.28. The molecule has 2 fully saturated rings. The van der Waals surface area contributed by atoms with Crippen LogP contribution in [0.4, 0.5) is 5.69 Å². The lowest BCUT2D eigenvalue weighted by Gasteiger charge is -2.11. The van der Waals surface area contributed by atoms with Crippen LogP contribution in [0, 0.1) is 11.8 Å². The molecule has 2 aliphatic rings. The van der Waals surface area contributed by atoms with E-state index in [1.807, 2.05) is 6.92 Å². The van der Waals surface area contributed by atoms with Gasteiger partial charge in [0.05, 0.1) is 16.8 Å². The van der Waals surface area contributed by atoms with Gasteiger partial charge in [0.25, 0.3) is 0 Å². The molecule has 22 heavy (non-hydrogen) atoms. The van der Waals surface area contributed by atoms with Gasteiger partial charge in [-0.15, -0.1) is 0 Å². The molecule has 120 valence electrons. The van der Waals surface area contributed by atoms with E-state index in [0.29, 0.717) is 18.2 Å². The predicted octanol–water partition coefficient (Wildman–Crippen LogP) is 2.23. The van der Waals surface area contributed by atoms with E-state index in [-0.39, 0.29) is 28.6 Å². The highest BCUT2D eigenvalue weighted by Crippen LogP contribution is 2.38. The SMILES string of the molecule is CC1CC1C(=O)Nc1ccc(S(=O)(=O)CC2CCCO2)cc1.